The molecule has 0 saturated carbocycles. The lowest BCUT2D eigenvalue weighted by Gasteiger charge is -2.19. The normalized spacial score (nSPS) is 12.8. The Labute approximate surface area is 153 Å². The molecule has 1 aromatic heterocycles. The molecule has 6 heteroatoms. The van der Waals surface area contributed by atoms with Crippen molar-refractivity contribution in [1.82, 2.24) is 20.2 Å². The molecule has 2 aromatic carbocycles. The van der Waals surface area contributed by atoms with Crippen LogP contribution in [-0.4, -0.2) is 38.0 Å². The summed E-state index contributed by atoms with van der Waals surface area (Å²) >= 11 is 0. The maximum atomic E-state index is 10.2. The first kappa shape index (κ1) is 18.1. The van der Waals surface area contributed by atoms with E-state index in [9.17, 15) is 5.11 Å². The summed E-state index contributed by atoms with van der Waals surface area (Å²) in [5, 5.41) is 22.5. The number of hydrogen-bond donors (Lipinski definition) is 1. The first-order valence-electron chi connectivity index (χ1n) is 8.66. The zero-order valence-corrected chi connectivity index (χ0v) is 15.3. The number of tetrazole rings is 1. The van der Waals surface area contributed by atoms with Crippen LogP contribution in [0.3, 0.4) is 0 Å². The molecule has 136 valence electrons. The van der Waals surface area contributed by atoms with Gasteiger partial charge in [0.05, 0.1) is 6.54 Å². The Morgan fingerprint density at radius 2 is 1.73 bits per heavy atom. The lowest BCUT2D eigenvalue weighted by molar-refractivity contribution is 0.0850. The Hall–Kier alpha value is -2.73. The molecule has 0 radical (unpaired) electrons. The molecular weight excluding hydrogens is 328 g/mol. The van der Waals surface area contributed by atoms with Crippen LogP contribution in [0.1, 0.15) is 26.3 Å². The van der Waals surface area contributed by atoms with E-state index >= 15 is 0 Å². The van der Waals surface area contributed by atoms with Gasteiger partial charge in [0.2, 0.25) is 5.82 Å². The highest BCUT2D eigenvalue weighted by Gasteiger charge is 2.14. The molecule has 26 heavy (non-hydrogen) atoms. The lowest BCUT2D eigenvalue weighted by Crippen LogP contribution is -2.25. The fourth-order valence-electron chi connectivity index (χ4n) is 2.51. The minimum atomic E-state index is -0.727. The highest BCUT2D eigenvalue weighted by molar-refractivity contribution is 5.52. The van der Waals surface area contributed by atoms with E-state index in [1.54, 1.807) is 0 Å². The maximum Gasteiger partial charge on any atom is 0.204 e. The number of nitrogens with zero attached hydrogens (tertiary/aromatic N) is 4. The van der Waals surface area contributed by atoms with Gasteiger partial charge in [-0.25, -0.2) is 0 Å². The summed E-state index contributed by atoms with van der Waals surface area (Å²) < 4.78 is 5.66. The second-order valence-electron chi connectivity index (χ2n) is 7.27. The number of rotatable bonds is 6. The van der Waals surface area contributed by atoms with Crippen LogP contribution in [0.2, 0.25) is 0 Å². The Morgan fingerprint density at radius 1 is 1.04 bits per heavy atom. The molecule has 3 aromatic rings. The van der Waals surface area contributed by atoms with Crippen LogP contribution in [0.4, 0.5) is 0 Å². The smallest absolute Gasteiger partial charge is 0.204 e. The summed E-state index contributed by atoms with van der Waals surface area (Å²) in [6.07, 6.45) is -0.727. The first-order valence-corrected chi connectivity index (χ1v) is 8.66. The molecule has 1 unspecified atom stereocenters. The number of aliphatic hydroxyl groups is 1. The van der Waals surface area contributed by atoms with Crippen LogP contribution in [0.25, 0.3) is 11.4 Å². The summed E-state index contributed by atoms with van der Waals surface area (Å²) in [6.45, 7) is 6.89. The van der Waals surface area contributed by atoms with Gasteiger partial charge in [-0.3, -0.25) is 0 Å². The summed E-state index contributed by atoms with van der Waals surface area (Å²) in [5.41, 5.74) is 2.24. The average molecular weight is 352 g/mol. The first-order chi connectivity index (χ1) is 12.4. The summed E-state index contributed by atoms with van der Waals surface area (Å²) in [5.74, 6) is 1.27. The summed E-state index contributed by atoms with van der Waals surface area (Å²) in [4.78, 5) is 1.39. The average Bonchev–Trinajstić information content (AvgIpc) is 3.09. The molecule has 1 N–H and O–H groups in total. The van der Waals surface area contributed by atoms with Crippen molar-refractivity contribution in [1.29, 1.82) is 0 Å². The molecule has 0 spiro atoms. The van der Waals surface area contributed by atoms with Crippen LogP contribution in [-0.2, 0) is 12.0 Å². The number of benzene rings is 2. The maximum absolute atomic E-state index is 10.2. The zero-order valence-electron chi connectivity index (χ0n) is 15.3. The minimum absolute atomic E-state index is 0.104. The molecule has 1 atom stereocenters. The van der Waals surface area contributed by atoms with Crippen molar-refractivity contribution in [3.05, 3.63) is 60.2 Å². The monoisotopic (exact) mass is 352 g/mol. The van der Waals surface area contributed by atoms with Crippen molar-refractivity contribution in [3.8, 4) is 17.1 Å². The second kappa shape index (κ2) is 7.66. The molecule has 0 aliphatic heterocycles. The van der Waals surface area contributed by atoms with Gasteiger partial charge in [0.25, 0.3) is 0 Å². The van der Waals surface area contributed by atoms with Crippen molar-refractivity contribution in [2.24, 2.45) is 0 Å². The van der Waals surface area contributed by atoms with Gasteiger partial charge in [-0.05, 0) is 28.3 Å². The highest BCUT2D eigenvalue weighted by atomic mass is 16.5. The minimum Gasteiger partial charge on any atom is -0.491 e. The fourth-order valence-corrected chi connectivity index (χ4v) is 2.51. The van der Waals surface area contributed by atoms with Gasteiger partial charge in [-0.2, -0.15) is 4.80 Å². The van der Waals surface area contributed by atoms with E-state index < -0.39 is 6.10 Å². The molecule has 0 bridgehead atoms. The van der Waals surface area contributed by atoms with Gasteiger partial charge in [0.15, 0.2) is 0 Å². The van der Waals surface area contributed by atoms with Gasteiger partial charge in [0.1, 0.15) is 18.5 Å². The van der Waals surface area contributed by atoms with Crippen molar-refractivity contribution >= 4 is 0 Å². The molecule has 1 heterocycles. The van der Waals surface area contributed by atoms with Gasteiger partial charge < -0.3 is 9.84 Å². The molecule has 0 aliphatic rings. The Morgan fingerprint density at radius 3 is 2.38 bits per heavy atom. The second-order valence-corrected chi connectivity index (χ2v) is 7.27. The molecular formula is C20H24N4O2. The van der Waals surface area contributed by atoms with Crippen LogP contribution >= 0.6 is 0 Å². The topological polar surface area (TPSA) is 73.1 Å². The zero-order chi connectivity index (χ0) is 18.6. The predicted octanol–water partition coefficient (Wildman–Crippen LogP) is 3.08. The van der Waals surface area contributed by atoms with Gasteiger partial charge in [0, 0.05) is 5.56 Å². The van der Waals surface area contributed by atoms with E-state index in [2.05, 4.69) is 36.2 Å². The Bertz CT molecular complexity index is 823. The molecule has 0 aliphatic carbocycles. The number of aliphatic hydroxyl groups excluding tert-OH is 1. The van der Waals surface area contributed by atoms with E-state index in [1.165, 1.54) is 10.4 Å². The summed E-state index contributed by atoms with van der Waals surface area (Å²) in [6, 6.07) is 17.6. The number of hydrogen-bond acceptors (Lipinski definition) is 5. The van der Waals surface area contributed by atoms with Gasteiger partial charge >= 0.3 is 0 Å². The largest absolute Gasteiger partial charge is 0.491 e. The molecule has 0 amide bonds. The third-order valence-corrected chi connectivity index (χ3v) is 4.02. The van der Waals surface area contributed by atoms with Gasteiger partial charge in [-0.15, -0.1) is 10.2 Å². The molecule has 6 nitrogen and oxygen atoms in total. The highest BCUT2D eigenvalue weighted by Crippen LogP contribution is 2.24. The van der Waals surface area contributed by atoms with Crippen LogP contribution in [0, 0.1) is 0 Å². The quantitative estimate of drug-likeness (QED) is 0.738. The van der Waals surface area contributed by atoms with E-state index in [0.29, 0.717) is 5.82 Å². The SMILES string of the molecule is CC(C)(C)c1ccc(OCC(O)Cn2nnc(-c3ccccc3)n2)cc1. The fraction of sp³-hybridized carbons (Fsp3) is 0.350. The standard InChI is InChI=1S/C20H24N4O2/c1-20(2,3)16-9-11-18(12-10-16)26-14-17(25)13-24-22-19(21-23-24)15-7-5-4-6-8-15/h4-12,17,25H,13-14H2,1-3H3. The van der Waals surface area contributed by atoms with Crippen molar-refractivity contribution in [2.75, 3.05) is 6.61 Å². The number of ether oxygens (including phenoxy) is 1. The van der Waals surface area contributed by atoms with E-state index in [4.69, 9.17) is 4.74 Å². The number of aromatic nitrogens is 4. The molecule has 0 fully saturated rings. The van der Waals surface area contributed by atoms with E-state index in [1.807, 2.05) is 54.6 Å². The van der Waals surface area contributed by atoms with Crippen molar-refractivity contribution < 1.29 is 9.84 Å². The third kappa shape index (κ3) is 4.67. The van der Waals surface area contributed by atoms with Crippen LogP contribution < -0.4 is 4.74 Å². The summed E-state index contributed by atoms with van der Waals surface area (Å²) in [7, 11) is 0. The van der Waals surface area contributed by atoms with Crippen molar-refractivity contribution in [3.63, 3.8) is 0 Å². The Balaban J connectivity index is 1.53. The van der Waals surface area contributed by atoms with Crippen molar-refractivity contribution in [2.45, 2.75) is 38.8 Å². The van der Waals surface area contributed by atoms with Gasteiger partial charge in [-0.1, -0.05) is 63.2 Å². The molecule has 3 rings (SSSR count). The lowest BCUT2D eigenvalue weighted by atomic mass is 9.87. The predicted molar refractivity (Wildman–Crippen MR) is 99.9 cm³/mol. The third-order valence-electron chi connectivity index (χ3n) is 4.02. The van der Waals surface area contributed by atoms with E-state index in [-0.39, 0.29) is 18.6 Å². The van der Waals surface area contributed by atoms with E-state index in [0.717, 1.165) is 11.3 Å². The van der Waals surface area contributed by atoms with Crippen LogP contribution in [0.15, 0.2) is 54.6 Å². The Kier molecular flexibility index (Phi) is 5.32. The molecule has 0 saturated heterocycles. The van der Waals surface area contributed by atoms with Crippen LogP contribution in [0.5, 0.6) is 5.75 Å².